The van der Waals surface area contributed by atoms with Gasteiger partial charge in [0.2, 0.25) is 0 Å². The van der Waals surface area contributed by atoms with Gasteiger partial charge in [-0.05, 0) is 78.9 Å². The molecule has 0 amide bonds. The van der Waals surface area contributed by atoms with Gasteiger partial charge in [0.05, 0.1) is 49.7 Å². The van der Waals surface area contributed by atoms with Crippen LogP contribution in [-0.2, 0) is 0 Å². The number of hydrogen-bond acceptors (Lipinski definition) is 1. The predicted molar refractivity (Wildman–Crippen MR) is 249 cm³/mol. The molecule has 0 aliphatic heterocycles. The third-order valence-electron chi connectivity index (χ3n) is 12.5. The first-order chi connectivity index (χ1) is 29.8. The molecule has 13 aromatic rings. The monoisotopic (exact) mass is 763 g/mol. The lowest BCUT2D eigenvalue weighted by molar-refractivity contribution is 1.16. The first-order valence-corrected chi connectivity index (χ1v) is 20.3. The number of para-hydroxylation sites is 6. The van der Waals surface area contributed by atoms with Crippen LogP contribution >= 0.6 is 0 Å². The lowest BCUT2D eigenvalue weighted by Gasteiger charge is -2.13. The van der Waals surface area contributed by atoms with Crippen molar-refractivity contribution < 1.29 is 0 Å². The highest BCUT2D eigenvalue weighted by Gasteiger charge is 2.26. The molecule has 0 radical (unpaired) electrons. The maximum absolute atomic E-state index is 11.3. The quantitative estimate of drug-likeness (QED) is 0.176. The Morgan fingerprint density at radius 3 is 1.22 bits per heavy atom. The second kappa shape index (κ2) is 12.3. The van der Waals surface area contributed by atoms with Crippen LogP contribution in [0.3, 0.4) is 0 Å². The summed E-state index contributed by atoms with van der Waals surface area (Å²) in [7, 11) is 0. The fourth-order valence-corrected chi connectivity index (χ4v) is 10.2. The maximum Gasteiger partial charge on any atom is 0.101 e. The van der Waals surface area contributed by atoms with Crippen LogP contribution in [-0.4, -0.2) is 18.3 Å². The predicted octanol–water partition coefficient (Wildman–Crippen LogP) is 13.9. The summed E-state index contributed by atoms with van der Waals surface area (Å²) in [4.78, 5) is 0. The molecule has 5 heteroatoms. The maximum atomic E-state index is 11.3. The van der Waals surface area contributed by atoms with Crippen molar-refractivity contribution in [1.29, 1.82) is 5.26 Å². The van der Waals surface area contributed by atoms with Gasteiger partial charge in [-0.15, -0.1) is 0 Å². The Labute approximate surface area is 344 Å². The second-order valence-corrected chi connectivity index (χ2v) is 15.6. The van der Waals surface area contributed by atoms with E-state index in [1.54, 1.807) is 0 Å². The molecular formula is C55H33N5. The van der Waals surface area contributed by atoms with Gasteiger partial charge in [0.1, 0.15) is 6.07 Å². The molecule has 0 fully saturated rings. The average molecular weight is 764 g/mol. The molecular weight excluding hydrogens is 731 g/mol. The lowest BCUT2D eigenvalue weighted by atomic mass is 10.0. The van der Waals surface area contributed by atoms with Gasteiger partial charge in [-0.1, -0.05) is 121 Å². The Kier molecular flexibility index (Phi) is 6.73. The standard InChI is InChI=1S/C55H33N5/c56-34-35-32-39(60-47-26-14-11-23-41(47)42-28-30-49-51(54(42)60)44-24-12-15-27-48(44)57(49)36-16-4-1-5-17-36)33-45-52-50(59(53(35)45)38-20-8-3-9-21-38)31-29-43-40-22-10-13-25-46(40)58(55(43)52)37-18-6-2-7-19-37/h1-33H. The zero-order chi connectivity index (χ0) is 39.5. The molecule has 0 N–H and O–H groups in total. The van der Waals surface area contributed by atoms with Gasteiger partial charge >= 0.3 is 0 Å². The van der Waals surface area contributed by atoms with E-state index < -0.39 is 0 Å². The van der Waals surface area contributed by atoms with Gasteiger partial charge in [-0.25, -0.2) is 0 Å². The van der Waals surface area contributed by atoms with Crippen LogP contribution in [0.15, 0.2) is 200 Å². The van der Waals surface area contributed by atoms with E-state index in [-0.39, 0.29) is 0 Å². The summed E-state index contributed by atoms with van der Waals surface area (Å²) in [5.41, 5.74) is 13.5. The Bertz CT molecular complexity index is 3930. The van der Waals surface area contributed by atoms with Crippen molar-refractivity contribution in [1.82, 2.24) is 18.3 Å². The summed E-state index contributed by atoms with van der Waals surface area (Å²) < 4.78 is 9.48. The molecule has 0 saturated carbocycles. The normalized spacial score (nSPS) is 12.0. The van der Waals surface area contributed by atoms with E-state index in [0.717, 1.165) is 77.7 Å². The highest BCUT2D eigenvalue weighted by molar-refractivity contribution is 6.28. The van der Waals surface area contributed by atoms with E-state index in [0.29, 0.717) is 5.56 Å². The zero-order valence-corrected chi connectivity index (χ0v) is 32.3. The Morgan fingerprint density at radius 2 is 0.683 bits per heavy atom. The van der Waals surface area contributed by atoms with Crippen molar-refractivity contribution >= 4 is 87.2 Å². The van der Waals surface area contributed by atoms with E-state index in [9.17, 15) is 5.26 Å². The van der Waals surface area contributed by atoms with Crippen LogP contribution in [0.4, 0.5) is 0 Å². The summed E-state index contributed by atoms with van der Waals surface area (Å²) in [6.07, 6.45) is 0. The Hall–Kier alpha value is -8.33. The van der Waals surface area contributed by atoms with Crippen LogP contribution in [0.2, 0.25) is 0 Å². The molecule has 0 bridgehead atoms. The van der Waals surface area contributed by atoms with Crippen molar-refractivity contribution in [3.8, 4) is 28.8 Å². The summed E-state index contributed by atoms with van der Waals surface area (Å²) in [6.45, 7) is 0. The number of aromatic nitrogens is 4. The summed E-state index contributed by atoms with van der Waals surface area (Å²) >= 11 is 0. The highest BCUT2D eigenvalue weighted by atomic mass is 15.0. The second-order valence-electron chi connectivity index (χ2n) is 15.6. The third-order valence-corrected chi connectivity index (χ3v) is 12.5. The smallest absolute Gasteiger partial charge is 0.101 e. The molecule has 0 aliphatic rings. The first kappa shape index (κ1) is 32.7. The molecule has 4 heterocycles. The molecule has 9 aromatic carbocycles. The van der Waals surface area contributed by atoms with Gasteiger partial charge in [0, 0.05) is 65.8 Å². The SMILES string of the molecule is N#Cc1cc(-n2c3ccccc3c3ccc4c(c5ccccc5n4-c4ccccc4)c32)cc2c3c(ccc4c5ccccc5n(-c5ccccc5)c43)n(-c3ccccc3)c12. The van der Waals surface area contributed by atoms with Gasteiger partial charge in [-0.3, -0.25) is 0 Å². The number of hydrogen-bond donors (Lipinski definition) is 0. The van der Waals surface area contributed by atoms with Crippen molar-refractivity contribution in [2.75, 3.05) is 0 Å². The van der Waals surface area contributed by atoms with Gasteiger partial charge in [0.15, 0.2) is 0 Å². The van der Waals surface area contributed by atoms with E-state index in [4.69, 9.17) is 0 Å². The summed E-state index contributed by atoms with van der Waals surface area (Å²) in [6, 6.07) is 74.0. The number of benzene rings is 9. The first-order valence-electron chi connectivity index (χ1n) is 20.3. The van der Waals surface area contributed by atoms with Crippen molar-refractivity contribution in [3.63, 3.8) is 0 Å². The van der Waals surface area contributed by atoms with Crippen molar-refractivity contribution in [2.45, 2.75) is 0 Å². The van der Waals surface area contributed by atoms with E-state index >= 15 is 0 Å². The third kappa shape index (κ3) is 4.34. The molecule has 4 aromatic heterocycles. The Balaban J connectivity index is 1.25. The van der Waals surface area contributed by atoms with Crippen LogP contribution in [0.1, 0.15) is 5.56 Å². The molecule has 13 rings (SSSR count). The molecule has 0 atom stereocenters. The van der Waals surface area contributed by atoms with Crippen LogP contribution in [0.5, 0.6) is 0 Å². The van der Waals surface area contributed by atoms with E-state index in [2.05, 4.69) is 218 Å². The van der Waals surface area contributed by atoms with Crippen molar-refractivity contribution in [2.24, 2.45) is 0 Å². The number of nitrogens with zero attached hydrogens (tertiary/aromatic N) is 5. The molecule has 0 aliphatic carbocycles. The highest BCUT2D eigenvalue weighted by Crippen LogP contribution is 2.46. The van der Waals surface area contributed by atoms with Crippen LogP contribution < -0.4 is 0 Å². The molecule has 60 heavy (non-hydrogen) atoms. The number of nitriles is 1. The molecule has 0 spiro atoms. The fourth-order valence-electron chi connectivity index (χ4n) is 10.2. The van der Waals surface area contributed by atoms with Gasteiger partial charge in [-0.2, -0.15) is 5.26 Å². The topological polar surface area (TPSA) is 43.5 Å². The molecule has 0 unspecified atom stereocenters. The van der Waals surface area contributed by atoms with E-state index in [1.807, 2.05) is 6.07 Å². The summed E-state index contributed by atoms with van der Waals surface area (Å²) in [5.74, 6) is 0. The number of fused-ring (bicyclic) bond motifs is 14. The van der Waals surface area contributed by atoms with Gasteiger partial charge < -0.3 is 18.3 Å². The fraction of sp³-hybridized carbons (Fsp3) is 0. The minimum Gasteiger partial charge on any atom is -0.309 e. The van der Waals surface area contributed by atoms with Crippen LogP contribution in [0, 0.1) is 11.3 Å². The minimum atomic E-state index is 0.614. The lowest BCUT2D eigenvalue weighted by Crippen LogP contribution is -1.99. The molecule has 278 valence electrons. The Morgan fingerprint density at radius 1 is 0.283 bits per heavy atom. The average Bonchev–Trinajstić information content (AvgIpc) is 4.04. The molecule has 0 saturated heterocycles. The minimum absolute atomic E-state index is 0.614. The van der Waals surface area contributed by atoms with Crippen LogP contribution in [0.25, 0.3) is 110 Å². The van der Waals surface area contributed by atoms with Gasteiger partial charge in [0.25, 0.3) is 0 Å². The zero-order valence-electron chi connectivity index (χ0n) is 32.3. The van der Waals surface area contributed by atoms with Crippen molar-refractivity contribution in [3.05, 3.63) is 206 Å². The largest absolute Gasteiger partial charge is 0.309 e. The molecule has 5 nitrogen and oxygen atoms in total. The number of rotatable bonds is 4. The summed E-state index contributed by atoms with van der Waals surface area (Å²) in [5, 5.41) is 20.5. The van der Waals surface area contributed by atoms with E-state index in [1.165, 1.54) is 32.3 Å².